The molecule has 0 bridgehead atoms. The molecule has 3 atom stereocenters. The molecule has 0 aromatic heterocycles. The van der Waals surface area contributed by atoms with Crippen LogP contribution in [0.15, 0.2) is 28.7 Å². The van der Waals surface area contributed by atoms with Crippen molar-refractivity contribution in [2.24, 2.45) is 0 Å². The van der Waals surface area contributed by atoms with E-state index < -0.39 is 53.8 Å². The van der Waals surface area contributed by atoms with E-state index in [9.17, 15) is 31.5 Å². The summed E-state index contributed by atoms with van der Waals surface area (Å²) in [6.45, 7) is -1.02. The van der Waals surface area contributed by atoms with Crippen LogP contribution in [0.3, 0.4) is 0 Å². The molecule has 1 aromatic rings. The molecule has 1 heterocycles. The van der Waals surface area contributed by atoms with Gasteiger partial charge >= 0.3 is 5.97 Å². The van der Waals surface area contributed by atoms with Gasteiger partial charge in [0.05, 0.1) is 17.1 Å². The van der Waals surface area contributed by atoms with Crippen LogP contribution in [0, 0.1) is 0 Å². The van der Waals surface area contributed by atoms with Crippen molar-refractivity contribution in [2.45, 2.75) is 36.2 Å². The zero-order valence-electron chi connectivity index (χ0n) is 13.3. The van der Waals surface area contributed by atoms with Crippen LogP contribution in [-0.2, 0) is 14.6 Å². The van der Waals surface area contributed by atoms with Gasteiger partial charge in [0.2, 0.25) is 0 Å². The van der Waals surface area contributed by atoms with Crippen molar-refractivity contribution < 1.29 is 36.2 Å². The highest BCUT2D eigenvalue weighted by molar-refractivity contribution is 7.90. The number of hydrogen-bond donors (Lipinski definition) is 1. The molecule has 1 N–H and O–H groups in total. The highest BCUT2D eigenvalue weighted by atomic mass is 32.2. The van der Waals surface area contributed by atoms with E-state index >= 15 is 0 Å². The minimum Gasteiger partial charge on any atom is -0.485 e. The molecule has 1 aromatic carbocycles. The van der Waals surface area contributed by atoms with E-state index in [0.29, 0.717) is 0 Å². The largest absolute Gasteiger partial charge is 0.485 e. The van der Waals surface area contributed by atoms with Gasteiger partial charge in [-0.25, -0.2) is 22.0 Å². The van der Waals surface area contributed by atoms with Gasteiger partial charge in [0.25, 0.3) is 0 Å². The number of carbonyl (C=O) groups is 1. The van der Waals surface area contributed by atoms with Crippen molar-refractivity contribution in [2.75, 3.05) is 12.9 Å². The fourth-order valence-corrected chi connectivity index (χ4v) is 3.12. The van der Waals surface area contributed by atoms with E-state index in [0.717, 1.165) is 6.26 Å². The summed E-state index contributed by atoms with van der Waals surface area (Å²) in [6, 6.07) is 3.85. The smallest absolute Gasteiger partial charge is 0.335 e. The van der Waals surface area contributed by atoms with E-state index in [4.69, 9.17) is 4.74 Å². The highest BCUT2D eigenvalue weighted by Gasteiger charge is 2.33. The van der Waals surface area contributed by atoms with Crippen LogP contribution in [0.25, 0.3) is 6.08 Å². The highest BCUT2D eigenvalue weighted by Crippen LogP contribution is 2.34. The zero-order valence-corrected chi connectivity index (χ0v) is 14.1. The SMILES string of the molecule is CS(=O)(=O)c1ccc2c(c1)C=C(C(=O)O)C(CC(F)C(F)CCF)O2. The maximum atomic E-state index is 13.9. The molecule has 3 unspecified atom stereocenters. The van der Waals surface area contributed by atoms with Gasteiger partial charge < -0.3 is 9.84 Å². The number of benzene rings is 1. The summed E-state index contributed by atoms with van der Waals surface area (Å²) >= 11 is 0. The molecule has 9 heteroatoms. The molecule has 0 saturated heterocycles. The predicted molar refractivity (Wildman–Crippen MR) is 84.6 cm³/mol. The zero-order chi connectivity index (χ0) is 18.8. The predicted octanol–water partition coefficient (Wildman–Crippen LogP) is 2.75. The number of fused-ring (bicyclic) bond motifs is 1. The Hall–Kier alpha value is -2.03. The lowest BCUT2D eigenvalue weighted by Crippen LogP contribution is -2.33. The van der Waals surface area contributed by atoms with Crippen molar-refractivity contribution in [3.05, 3.63) is 29.3 Å². The quantitative estimate of drug-likeness (QED) is 0.789. The van der Waals surface area contributed by atoms with Crippen LogP contribution < -0.4 is 4.74 Å². The van der Waals surface area contributed by atoms with E-state index in [1.807, 2.05) is 0 Å². The Morgan fingerprint density at radius 2 is 2.00 bits per heavy atom. The Morgan fingerprint density at radius 3 is 2.56 bits per heavy atom. The van der Waals surface area contributed by atoms with Gasteiger partial charge in [0, 0.05) is 24.7 Å². The molecule has 5 nitrogen and oxygen atoms in total. The molecule has 2 rings (SSSR count). The Labute approximate surface area is 143 Å². The average Bonchev–Trinajstić information content (AvgIpc) is 2.52. The van der Waals surface area contributed by atoms with Crippen LogP contribution in [0.5, 0.6) is 5.75 Å². The summed E-state index contributed by atoms with van der Waals surface area (Å²) < 4.78 is 68.1. The number of sulfone groups is 1. The number of rotatable bonds is 7. The van der Waals surface area contributed by atoms with E-state index in [-0.39, 0.29) is 21.8 Å². The second-order valence-corrected chi connectivity index (χ2v) is 7.74. The standard InChI is InChI=1S/C16H17F3O5S/c1-25(22,23)10-2-3-14-9(6-10)7-11(16(20)21)15(24-14)8-13(19)12(18)4-5-17/h2-3,6-7,12-13,15H,4-5,8H2,1H3,(H,20,21). The lowest BCUT2D eigenvalue weighted by molar-refractivity contribution is -0.133. The third-order valence-corrected chi connectivity index (χ3v) is 4.91. The van der Waals surface area contributed by atoms with Gasteiger partial charge in [0.15, 0.2) is 9.84 Å². The van der Waals surface area contributed by atoms with Gasteiger partial charge in [-0.05, 0) is 24.3 Å². The number of aliphatic carboxylic acids is 1. The summed E-state index contributed by atoms with van der Waals surface area (Å²) in [5, 5.41) is 9.28. The molecule has 1 aliphatic rings. The van der Waals surface area contributed by atoms with Crippen molar-refractivity contribution in [1.82, 2.24) is 0 Å². The molecule has 1 aliphatic heterocycles. The number of carboxylic acids is 1. The van der Waals surface area contributed by atoms with Crippen LogP contribution in [0.4, 0.5) is 13.2 Å². The molecule has 138 valence electrons. The number of alkyl halides is 3. The fraction of sp³-hybridized carbons (Fsp3) is 0.438. The van der Waals surface area contributed by atoms with Crippen LogP contribution in [0.1, 0.15) is 18.4 Å². The molecular weight excluding hydrogens is 361 g/mol. The van der Waals surface area contributed by atoms with Crippen molar-refractivity contribution in [3.63, 3.8) is 0 Å². The summed E-state index contributed by atoms with van der Waals surface area (Å²) in [5.41, 5.74) is -0.110. The van der Waals surface area contributed by atoms with Crippen LogP contribution in [0.2, 0.25) is 0 Å². The first-order valence-electron chi connectivity index (χ1n) is 7.43. The molecule has 0 amide bonds. The summed E-state index contributed by atoms with van der Waals surface area (Å²) in [4.78, 5) is 11.4. The molecule has 0 saturated carbocycles. The van der Waals surface area contributed by atoms with Gasteiger partial charge in [0.1, 0.15) is 24.2 Å². The minimum atomic E-state index is -3.50. The molecule has 0 aliphatic carbocycles. The Balaban J connectivity index is 2.32. The summed E-state index contributed by atoms with van der Waals surface area (Å²) in [7, 11) is -3.50. The first kappa shape index (κ1) is 19.3. The third-order valence-electron chi connectivity index (χ3n) is 3.80. The monoisotopic (exact) mass is 378 g/mol. The molecular formula is C16H17F3O5S. The van der Waals surface area contributed by atoms with Crippen LogP contribution in [-0.4, -0.2) is 50.9 Å². The molecule has 0 fully saturated rings. The lowest BCUT2D eigenvalue weighted by atomic mass is 9.96. The third kappa shape index (κ3) is 4.53. The number of halogens is 3. The summed E-state index contributed by atoms with van der Waals surface area (Å²) in [6.07, 6.45) is -4.43. The lowest BCUT2D eigenvalue weighted by Gasteiger charge is -2.27. The van der Waals surface area contributed by atoms with Crippen molar-refractivity contribution in [3.8, 4) is 5.75 Å². The number of carboxylic acid groups (broad SMARTS) is 1. The topological polar surface area (TPSA) is 80.7 Å². The van der Waals surface area contributed by atoms with E-state index in [1.54, 1.807) is 0 Å². The fourth-order valence-electron chi connectivity index (χ4n) is 2.47. The average molecular weight is 378 g/mol. The second-order valence-electron chi connectivity index (χ2n) is 5.73. The molecule has 0 spiro atoms. The molecule has 25 heavy (non-hydrogen) atoms. The number of ether oxygens (including phenoxy) is 1. The normalized spacial score (nSPS) is 19.4. The van der Waals surface area contributed by atoms with Gasteiger partial charge in [-0.15, -0.1) is 0 Å². The van der Waals surface area contributed by atoms with Gasteiger partial charge in [-0.2, -0.15) is 0 Å². The van der Waals surface area contributed by atoms with E-state index in [1.165, 1.54) is 24.3 Å². The van der Waals surface area contributed by atoms with Crippen molar-refractivity contribution >= 4 is 21.9 Å². The Kier molecular flexibility index (Phi) is 5.76. The molecule has 0 radical (unpaired) electrons. The van der Waals surface area contributed by atoms with Gasteiger partial charge in [-0.3, -0.25) is 4.39 Å². The van der Waals surface area contributed by atoms with Gasteiger partial charge in [-0.1, -0.05) is 0 Å². The second kappa shape index (κ2) is 7.47. The first-order valence-corrected chi connectivity index (χ1v) is 9.32. The Morgan fingerprint density at radius 1 is 1.32 bits per heavy atom. The first-order chi connectivity index (χ1) is 11.6. The van der Waals surface area contributed by atoms with Crippen molar-refractivity contribution in [1.29, 1.82) is 0 Å². The maximum Gasteiger partial charge on any atom is 0.335 e. The Bertz CT molecular complexity index is 791. The minimum absolute atomic E-state index is 0.0237. The van der Waals surface area contributed by atoms with E-state index in [2.05, 4.69) is 0 Å². The summed E-state index contributed by atoms with van der Waals surface area (Å²) in [5.74, 6) is -1.23. The van der Waals surface area contributed by atoms with Crippen LogP contribution >= 0.6 is 0 Å². The number of hydrogen-bond acceptors (Lipinski definition) is 4. The maximum absolute atomic E-state index is 13.9.